The van der Waals surface area contributed by atoms with Crippen LogP contribution in [-0.2, 0) is 5.33 Å². The summed E-state index contributed by atoms with van der Waals surface area (Å²) in [5.41, 5.74) is 0.0336. The highest BCUT2D eigenvalue weighted by Crippen LogP contribution is 2.24. The van der Waals surface area contributed by atoms with Crippen LogP contribution in [0, 0.1) is 12.7 Å². The summed E-state index contributed by atoms with van der Waals surface area (Å²) in [6.07, 6.45) is -1.60. The summed E-state index contributed by atoms with van der Waals surface area (Å²) in [6, 6.07) is 0. The number of aromatic nitrogens is 1. The van der Waals surface area contributed by atoms with Crippen molar-refractivity contribution in [2.75, 3.05) is 0 Å². The van der Waals surface area contributed by atoms with Crippen molar-refractivity contribution in [3.05, 3.63) is 28.8 Å². The van der Waals surface area contributed by atoms with Crippen molar-refractivity contribution in [3.8, 4) is 0 Å². The third-order valence-corrected chi connectivity index (χ3v) is 2.35. The van der Waals surface area contributed by atoms with Crippen molar-refractivity contribution in [3.63, 3.8) is 0 Å². The fraction of sp³-hybridized carbons (Fsp3) is 0.375. The highest BCUT2D eigenvalue weighted by Gasteiger charge is 2.18. The maximum atomic E-state index is 13.1. The summed E-state index contributed by atoms with van der Waals surface area (Å²) >= 11 is 3.11. The summed E-state index contributed by atoms with van der Waals surface area (Å²) in [5.74, 6) is -0.910. The third-order valence-electron chi connectivity index (χ3n) is 1.75. The normalized spacial score (nSPS) is 10.9. The number of halogens is 4. The molecule has 0 radical (unpaired) electrons. The molecule has 0 bridgehead atoms. The molecule has 0 spiro atoms. The lowest BCUT2D eigenvalue weighted by atomic mass is 10.1. The first-order valence-electron chi connectivity index (χ1n) is 3.56. The zero-order valence-electron chi connectivity index (χ0n) is 6.82. The molecule has 0 amide bonds. The minimum Gasteiger partial charge on any atom is -0.252 e. The Labute approximate surface area is 82.1 Å². The van der Waals surface area contributed by atoms with Crippen LogP contribution in [0.2, 0.25) is 0 Å². The summed E-state index contributed by atoms with van der Waals surface area (Å²) in [4.78, 5) is 3.35. The van der Waals surface area contributed by atoms with Gasteiger partial charge in [-0.25, -0.2) is 13.2 Å². The van der Waals surface area contributed by atoms with Gasteiger partial charge >= 0.3 is 0 Å². The second-order valence-corrected chi connectivity index (χ2v) is 3.10. The lowest BCUT2D eigenvalue weighted by molar-refractivity contribution is 0.140. The van der Waals surface area contributed by atoms with E-state index in [9.17, 15) is 13.2 Å². The van der Waals surface area contributed by atoms with Gasteiger partial charge in [0, 0.05) is 11.5 Å². The van der Waals surface area contributed by atoms with Crippen molar-refractivity contribution in [2.45, 2.75) is 18.7 Å². The maximum absolute atomic E-state index is 13.1. The van der Waals surface area contributed by atoms with Gasteiger partial charge in [-0.05, 0) is 18.1 Å². The summed E-state index contributed by atoms with van der Waals surface area (Å²) in [5, 5.41) is 0.409. The number of rotatable bonds is 2. The Morgan fingerprint density at radius 2 is 2.15 bits per heavy atom. The van der Waals surface area contributed by atoms with E-state index in [4.69, 9.17) is 0 Å². The van der Waals surface area contributed by atoms with E-state index in [1.54, 1.807) is 0 Å². The third kappa shape index (κ3) is 2.02. The number of hydrogen-bond acceptors (Lipinski definition) is 1. The monoisotopic (exact) mass is 253 g/mol. The molecule has 1 nitrogen and oxygen atoms in total. The molecular weight excluding hydrogens is 247 g/mol. The molecule has 1 aromatic rings. The molecule has 72 valence electrons. The Morgan fingerprint density at radius 3 is 2.62 bits per heavy atom. The van der Waals surface area contributed by atoms with Gasteiger partial charge in [-0.2, -0.15) is 0 Å². The first-order chi connectivity index (χ1) is 6.07. The number of hydrogen-bond donors (Lipinski definition) is 0. The minimum absolute atomic E-state index is 0.224. The molecular formula is C8H7BrF3N. The quantitative estimate of drug-likeness (QED) is 0.737. The fourth-order valence-corrected chi connectivity index (χ4v) is 1.49. The summed E-state index contributed by atoms with van der Waals surface area (Å²) in [7, 11) is 0. The lowest BCUT2D eigenvalue weighted by Gasteiger charge is -2.06. The summed E-state index contributed by atoms with van der Waals surface area (Å²) in [6.45, 7) is 1.46. The molecule has 0 unspecified atom stereocenters. The topological polar surface area (TPSA) is 12.9 Å². The van der Waals surface area contributed by atoms with Crippen LogP contribution in [0.1, 0.15) is 23.2 Å². The van der Waals surface area contributed by atoms with Crippen LogP contribution in [0.15, 0.2) is 6.20 Å². The zero-order valence-corrected chi connectivity index (χ0v) is 8.41. The molecule has 13 heavy (non-hydrogen) atoms. The van der Waals surface area contributed by atoms with Crippen molar-refractivity contribution >= 4 is 15.9 Å². The van der Waals surface area contributed by atoms with E-state index in [0.29, 0.717) is 10.9 Å². The second-order valence-electron chi connectivity index (χ2n) is 2.54. The Balaban J connectivity index is 3.23. The van der Waals surface area contributed by atoms with Gasteiger partial charge in [-0.1, -0.05) is 15.9 Å². The molecule has 1 rings (SSSR count). The lowest BCUT2D eigenvalue weighted by Crippen LogP contribution is -2.01. The average molecular weight is 254 g/mol. The molecule has 0 saturated carbocycles. The molecule has 0 atom stereocenters. The van der Waals surface area contributed by atoms with Crippen LogP contribution in [0.3, 0.4) is 0 Å². The van der Waals surface area contributed by atoms with Gasteiger partial charge < -0.3 is 0 Å². The molecule has 1 aromatic heterocycles. The van der Waals surface area contributed by atoms with Gasteiger partial charge in [0.15, 0.2) is 5.82 Å². The molecule has 5 heteroatoms. The second kappa shape index (κ2) is 4.09. The Kier molecular flexibility index (Phi) is 3.30. The Hall–Kier alpha value is -0.580. The SMILES string of the molecule is Cc1c(CBr)cnc(C(F)F)c1F. The fourth-order valence-electron chi connectivity index (χ4n) is 0.921. The Bertz CT molecular complexity index is 315. The molecule has 0 N–H and O–H groups in total. The van der Waals surface area contributed by atoms with E-state index >= 15 is 0 Å². The predicted octanol–water partition coefficient (Wildman–Crippen LogP) is 3.36. The predicted molar refractivity (Wildman–Crippen MR) is 46.5 cm³/mol. The molecule has 0 aliphatic heterocycles. The van der Waals surface area contributed by atoms with E-state index < -0.39 is 17.9 Å². The van der Waals surface area contributed by atoms with Crippen LogP contribution >= 0.6 is 15.9 Å². The first-order valence-corrected chi connectivity index (χ1v) is 4.68. The van der Waals surface area contributed by atoms with Gasteiger partial charge in [-0.3, -0.25) is 4.98 Å². The van der Waals surface area contributed by atoms with Crippen molar-refractivity contribution in [1.82, 2.24) is 4.98 Å². The molecule has 0 fully saturated rings. The van der Waals surface area contributed by atoms with Gasteiger partial charge in [-0.15, -0.1) is 0 Å². The van der Waals surface area contributed by atoms with Crippen LogP contribution in [0.25, 0.3) is 0 Å². The van der Waals surface area contributed by atoms with Crippen LogP contribution in [0.5, 0.6) is 0 Å². The first kappa shape index (κ1) is 10.5. The molecule has 0 saturated heterocycles. The number of pyridine rings is 1. The number of nitrogens with zero attached hydrogens (tertiary/aromatic N) is 1. The Morgan fingerprint density at radius 1 is 1.54 bits per heavy atom. The van der Waals surface area contributed by atoms with E-state index in [-0.39, 0.29) is 5.56 Å². The molecule has 0 aromatic carbocycles. The van der Waals surface area contributed by atoms with Gasteiger partial charge in [0.1, 0.15) is 5.69 Å². The highest BCUT2D eigenvalue weighted by molar-refractivity contribution is 9.08. The average Bonchev–Trinajstić information content (AvgIpc) is 2.09. The van der Waals surface area contributed by atoms with Gasteiger partial charge in [0.2, 0.25) is 0 Å². The van der Waals surface area contributed by atoms with Crippen molar-refractivity contribution in [2.24, 2.45) is 0 Å². The zero-order chi connectivity index (χ0) is 10.0. The number of alkyl halides is 3. The standard InChI is InChI=1S/C8H7BrF3N/c1-4-5(2-9)3-13-7(6(4)10)8(11)12/h3,8H,2H2,1H3. The smallest absolute Gasteiger partial charge is 0.252 e. The van der Waals surface area contributed by atoms with E-state index in [1.807, 2.05) is 0 Å². The highest BCUT2D eigenvalue weighted by atomic mass is 79.9. The van der Waals surface area contributed by atoms with Gasteiger partial charge in [0.05, 0.1) is 0 Å². The molecule has 0 aliphatic rings. The van der Waals surface area contributed by atoms with Gasteiger partial charge in [0.25, 0.3) is 6.43 Å². The van der Waals surface area contributed by atoms with E-state index in [2.05, 4.69) is 20.9 Å². The molecule has 1 heterocycles. The van der Waals surface area contributed by atoms with E-state index in [1.165, 1.54) is 13.1 Å². The van der Waals surface area contributed by atoms with Crippen LogP contribution in [0.4, 0.5) is 13.2 Å². The maximum Gasteiger partial charge on any atom is 0.283 e. The minimum atomic E-state index is -2.86. The van der Waals surface area contributed by atoms with Crippen molar-refractivity contribution < 1.29 is 13.2 Å². The van der Waals surface area contributed by atoms with Crippen molar-refractivity contribution in [1.29, 1.82) is 0 Å². The summed E-state index contributed by atoms with van der Waals surface area (Å²) < 4.78 is 37.4. The largest absolute Gasteiger partial charge is 0.283 e. The van der Waals surface area contributed by atoms with E-state index in [0.717, 1.165) is 0 Å². The van der Waals surface area contributed by atoms with Crippen LogP contribution in [-0.4, -0.2) is 4.98 Å². The van der Waals surface area contributed by atoms with Crippen LogP contribution < -0.4 is 0 Å². The molecule has 0 aliphatic carbocycles.